The summed E-state index contributed by atoms with van der Waals surface area (Å²) in [4.78, 5) is 0.0331. The van der Waals surface area contributed by atoms with Crippen LogP contribution in [-0.4, -0.2) is 22.1 Å². The molecule has 0 saturated heterocycles. The standard InChI is InChI=1S/C12H16N2O3S/c1-3-4-5-8-14-18(15,16)12-9-10(13)6-7-11(12)17-2/h1,6-7,9,14H,4-5,8,13H2,2H3. The zero-order chi connectivity index (χ0) is 13.6. The Morgan fingerprint density at radius 2 is 2.22 bits per heavy atom. The minimum Gasteiger partial charge on any atom is -0.495 e. The normalized spacial score (nSPS) is 10.9. The lowest BCUT2D eigenvalue weighted by Gasteiger charge is -2.11. The van der Waals surface area contributed by atoms with Crippen molar-refractivity contribution < 1.29 is 13.2 Å². The molecule has 0 radical (unpaired) electrons. The maximum Gasteiger partial charge on any atom is 0.244 e. The monoisotopic (exact) mass is 268 g/mol. The van der Waals surface area contributed by atoms with Crippen LogP contribution in [-0.2, 0) is 10.0 Å². The Labute approximate surface area is 107 Å². The number of sulfonamides is 1. The van der Waals surface area contributed by atoms with E-state index < -0.39 is 10.0 Å². The summed E-state index contributed by atoms with van der Waals surface area (Å²) in [5.74, 6) is 2.70. The molecule has 0 heterocycles. The highest BCUT2D eigenvalue weighted by atomic mass is 32.2. The summed E-state index contributed by atoms with van der Waals surface area (Å²) in [7, 11) is -2.22. The van der Waals surface area contributed by atoms with Crippen LogP contribution in [0.5, 0.6) is 5.75 Å². The summed E-state index contributed by atoms with van der Waals surface area (Å²) in [6.07, 6.45) is 6.20. The molecule has 0 amide bonds. The van der Waals surface area contributed by atoms with Crippen LogP contribution >= 0.6 is 0 Å². The summed E-state index contributed by atoms with van der Waals surface area (Å²) >= 11 is 0. The van der Waals surface area contributed by atoms with Crippen LogP contribution in [0.25, 0.3) is 0 Å². The molecule has 0 aromatic heterocycles. The molecule has 1 rings (SSSR count). The summed E-state index contributed by atoms with van der Waals surface area (Å²) in [5, 5.41) is 0. The number of benzene rings is 1. The van der Waals surface area contributed by atoms with E-state index in [0.29, 0.717) is 18.5 Å². The fourth-order valence-electron chi connectivity index (χ4n) is 1.38. The lowest BCUT2D eigenvalue weighted by Crippen LogP contribution is -2.25. The average molecular weight is 268 g/mol. The highest BCUT2D eigenvalue weighted by Crippen LogP contribution is 2.25. The number of ether oxygens (including phenoxy) is 1. The minimum atomic E-state index is -3.63. The van der Waals surface area contributed by atoms with Crippen LogP contribution in [0, 0.1) is 12.3 Å². The largest absolute Gasteiger partial charge is 0.495 e. The van der Waals surface area contributed by atoms with E-state index in [1.54, 1.807) is 6.07 Å². The van der Waals surface area contributed by atoms with E-state index in [0.717, 1.165) is 0 Å². The van der Waals surface area contributed by atoms with Gasteiger partial charge < -0.3 is 10.5 Å². The Kier molecular flexibility index (Phi) is 5.01. The fraction of sp³-hybridized carbons (Fsp3) is 0.333. The second kappa shape index (κ2) is 6.28. The van der Waals surface area contributed by atoms with Gasteiger partial charge in [0.25, 0.3) is 0 Å². The first kappa shape index (κ1) is 14.4. The lowest BCUT2D eigenvalue weighted by molar-refractivity contribution is 0.402. The smallest absolute Gasteiger partial charge is 0.244 e. The summed E-state index contributed by atoms with van der Waals surface area (Å²) in [5.41, 5.74) is 5.94. The van der Waals surface area contributed by atoms with Crippen LogP contribution in [0.4, 0.5) is 5.69 Å². The maximum absolute atomic E-state index is 12.0. The maximum atomic E-state index is 12.0. The van der Waals surface area contributed by atoms with Crippen molar-refractivity contribution in [1.82, 2.24) is 4.72 Å². The van der Waals surface area contributed by atoms with Crippen molar-refractivity contribution in [2.75, 3.05) is 19.4 Å². The number of hydrogen-bond acceptors (Lipinski definition) is 4. The van der Waals surface area contributed by atoms with E-state index in [9.17, 15) is 8.42 Å². The van der Waals surface area contributed by atoms with Crippen molar-refractivity contribution in [3.05, 3.63) is 18.2 Å². The summed E-state index contributed by atoms with van der Waals surface area (Å²) in [6, 6.07) is 4.46. The van der Waals surface area contributed by atoms with E-state index >= 15 is 0 Å². The van der Waals surface area contributed by atoms with Gasteiger partial charge in [-0.25, -0.2) is 13.1 Å². The first-order valence-electron chi connectivity index (χ1n) is 5.38. The highest BCUT2D eigenvalue weighted by molar-refractivity contribution is 7.89. The molecular weight excluding hydrogens is 252 g/mol. The van der Waals surface area contributed by atoms with Gasteiger partial charge in [-0.2, -0.15) is 0 Å². The molecule has 18 heavy (non-hydrogen) atoms. The van der Waals surface area contributed by atoms with Gasteiger partial charge in [0, 0.05) is 18.7 Å². The lowest BCUT2D eigenvalue weighted by atomic mass is 10.3. The molecule has 0 aliphatic carbocycles. The predicted molar refractivity (Wildman–Crippen MR) is 70.7 cm³/mol. The molecule has 0 saturated carbocycles. The second-order valence-corrected chi connectivity index (χ2v) is 5.35. The molecule has 0 fully saturated rings. The van der Waals surface area contributed by atoms with Crippen LogP contribution in [0.3, 0.4) is 0 Å². The van der Waals surface area contributed by atoms with Gasteiger partial charge in [0.1, 0.15) is 10.6 Å². The van der Waals surface area contributed by atoms with Crippen molar-refractivity contribution >= 4 is 15.7 Å². The van der Waals surface area contributed by atoms with Gasteiger partial charge in [0.2, 0.25) is 10.0 Å². The van der Waals surface area contributed by atoms with Gasteiger partial charge in [-0.3, -0.25) is 0 Å². The van der Waals surface area contributed by atoms with Crippen molar-refractivity contribution in [2.24, 2.45) is 0 Å². The van der Waals surface area contributed by atoms with E-state index in [4.69, 9.17) is 16.9 Å². The van der Waals surface area contributed by atoms with Crippen molar-refractivity contribution in [2.45, 2.75) is 17.7 Å². The number of hydrogen-bond donors (Lipinski definition) is 2. The van der Waals surface area contributed by atoms with Crippen LogP contribution in [0.1, 0.15) is 12.8 Å². The molecule has 0 atom stereocenters. The van der Waals surface area contributed by atoms with Crippen molar-refractivity contribution in [1.29, 1.82) is 0 Å². The molecule has 5 nitrogen and oxygen atoms in total. The average Bonchev–Trinajstić information content (AvgIpc) is 2.35. The second-order valence-electron chi connectivity index (χ2n) is 3.62. The number of anilines is 1. The number of terminal acetylenes is 1. The molecule has 1 aromatic carbocycles. The quantitative estimate of drug-likeness (QED) is 0.457. The molecule has 0 unspecified atom stereocenters. The Bertz CT molecular complexity index is 547. The van der Waals surface area contributed by atoms with Gasteiger partial charge in [0.15, 0.2) is 0 Å². The van der Waals surface area contributed by atoms with Crippen molar-refractivity contribution in [3.63, 3.8) is 0 Å². The van der Waals surface area contributed by atoms with Gasteiger partial charge in [-0.15, -0.1) is 12.3 Å². The van der Waals surface area contributed by atoms with Crippen LogP contribution in [0.2, 0.25) is 0 Å². The van der Waals surface area contributed by atoms with Crippen LogP contribution < -0.4 is 15.2 Å². The van der Waals surface area contributed by atoms with E-state index in [2.05, 4.69) is 10.6 Å². The van der Waals surface area contributed by atoms with E-state index in [1.165, 1.54) is 19.2 Å². The molecule has 0 aliphatic heterocycles. The van der Waals surface area contributed by atoms with Gasteiger partial charge in [0.05, 0.1) is 7.11 Å². The SMILES string of the molecule is C#CCCCNS(=O)(=O)c1cc(N)ccc1OC. The predicted octanol–water partition coefficient (Wildman–Crippen LogP) is 0.969. The number of unbranched alkanes of at least 4 members (excludes halogenated alkanes) is 1. The number of nitrogen functional groups attached to an aromatic ring is 1. The summed E-state index contributed by atoms with van der Waals surface area (Å²) in [6.45, 7) is 0.282. The number of nitrogens with two attached hydrogens (primary N) is 1. The Balaban J connectivity index is 2.91. The third kappa shape index (κ3) is 3.65. The third-order valence-corrected chi connectivity index (χ3v) is 3.75. The van der Waals surface area contributed by atoms with Gasteiger partial charge >= 0.3 is 0 Å². The zero-order valence-corrected chi connectivity index (χ0v) is 11.0. The first-order chi connectivity index (χ1) is 8.51. The van der Waals surface area contributed by atoms with E-state index in [1.807, 2.05) is 0 Å². The highest BCUT2D eigenvalue weighted by Gasteiger charge is 2.19. The topological polar surface area (TPSA) is 81.4 Å². The zero-order valence-electron chi connectivity index (χ0n) is 10.1. The first-order valence-corrected chi connectivity index (χ1v) is 6.86. The van der Waals surface area contributed by atoms with Gasteiger partial charge in [-0.05, 0) is 24.6 Å². The van der Waals surface area contributed by atoms with E-state index in [-0.39, 0.29) is 17.2 Å². The molecule has 98 valence electrons. The number of nitrogens with one attached hydrogen (secondary N) is 1. The third-order valence-electron chi connectivity index (χ3n) is 2.27. The Morgan fingerprint density at radius 3 is 2.83 bits per heavy atom. The fourth-order valence-corrected chi connectivity index (χ4v) is 2.65. The molecule has 0 aliphatic rings. The minimum absolute atomic E-state index is 0.0331. The summed E-state index contributed by atoms with van der Waals surface area (Å²) < 4.78 is 31.5. The Hall–Kier alpha value is -1.71. The Morgan fingerprint density at radius 1 is 1.50 bits per heavy atom. The van der Waals surface area contributed by atoms with Crippen LogP contribution in [0.15, 0.2) is 23.1 Å². The van der Waals surface area contributed by atoms with Gasteiger partial charge in [-0.1, -0.05) is 0 Å². The molecule has 3 N–H and O–H groups in total. The molecular formula is C12H16N2O3S. The molecule has 6 heteroatoms. The van der Waals surface area contributed by atoms with Crippen molar-refractivity contribution in [3.8, 4) is 18.1 Å². The number of rotatable bonds is 6. The molecule has 0 spiro atoms. The molecule has 1 aromatic rings. The number of methoxy groups -OCH3 is 1. The molecule has 0 bridgehead atoms.